The predicted molar refractivity (Wildman–Crippen MR) is 189 cm³/mol. The molecule has 1 amide bonds. The molecule has 3 aliphatic heterocycles. The number of benzene rings is 3. The summed E-state index contributed by atoms with van der Waals surface area (Å²) in [6.45, 7) is 12.3. The molecular formula is C37H42Cl2N4O6. The first kappa shape index (κ1) is 34.9. The van der Waals surface area contributed by atoms with Crippen LogP contribution in [0.4, 0.5) is 5.69 Å². The molecule has 0 aliphatic carbocycles. The van der Waals surface area contributed by atoms with Crippen molar-refractivity contribution in [3.63, 3.8) is 0 Å². The van der Waals surface area contributed by atoms with Gasteiger partial charge in [-0.1, -0.05) is 41.4 Å². The Labute approximate surface area is 297 Å². The summed E-state index contributed by atoms with van der Waals surface area (Å²) in [6, 6.07) is 17.5. The highest BCUT2D eigenvalue weighted by atomic mass is 35.5. The van der Waals surface area contributed by atoms with Crippen molar-refractivity contribution in [3.05, 3.63) is 99.3 Å². The maximum absolute atomic E-state index is 11.7. The van der Waals surface area contributed by atoms with Crippen LogP contribution >= 0.6 is 23.2 Å². The van der Waals surface area contributed by atoms with Crippen LogP contribution in [0.25, 0.3) is 0 Å². The van der Waals surface area contributed by atoms with Gasteiger partial charge in [-0.05, 0) is 66.9 Å². The minimum atomic E-state index is -1.14. The fraction of sp³-hybridized carbons (Fsp3) is 0.405. The zero-order valence-corrected chi connectivity index (χ0v) is 29.8. The number of hydrogen-bond acceptors (Lipinski definition) is 9. The molecule has 12 heteroatoms. The molecule has 3 aromatic rings. The van der Waals surface area contributed by atoms with Gasteiger partial charge in [0, 0.05) is 75.2 Å². The highest BCUT2D eigenvalue weighted by Gasteiger charge is 2.46. The van der Waals surface area contributed by atoms with Crippen LogP contribution in [-0.4, -0.2) is 85.3 Å². The Morgan fingerprint density at radius 1 is 0.918 bits per heavy atom. The molecule has 0 spiro atoms. The van der Waals surface area contributed by atoms with E-state index in [1.165, 1.54) is 6.92 Å². The fourth-order valence-corrected chi connectivity index (χ4v) is 7.19. The topological polar surface area (TPSA) is 84.0 Å². The lowest BCUT2D eigenvalue weighted by Gasteiger charge is -2.35. The predicted octanol–water partition coefficient (Wildman–Crippen LogP) is 6.10. The smallest absolute Gasteiger partial charge is 0.308 e. The van der Waals surface area contributed by atoms with Crippen molar-refractivity contribution in [1.29, 1.82) is 0 Å². The Morgan fingerprint density at radius 2 is 1.61 bits per heavy atom. The van der Waals surface area contributed by atoms with Crippen molar-refractivity contribution < 1.29 is 28.5 Å². The summed E-state index contributed by atoms with van der Waals surface area (Å²) < 4.78 is 24.7. The van der Waals surface area contributed by atoms with E-state index in [1.54, 1.807) is 19.1 Å². The number of anilines is 1. The van der Waals surface area contributed by atoms with Crippen molar-refractivity contribution >= 4 is 40.8 Å². The second kappa shape index (κ2) is 14.9. The molecule has 0 N–H and O–H groups in total. The molecule has 6 rings (SSSR count). The number of hydrogen-bond donors (Lipinski definition) is 0. The lowest BCUT2D eigenvalue weighted by molar-refractivity contribution is -0.188. The zero-order chi connectivity index (χ0) is 34.7. The van der Waals surface area contributed by atoms with Gasteiger partial charge in [-0.25, -0.2) is 0 Å². The summed E-state index contributed by atoms with van der Waals surface area (Å²) in [5, 5.41) is 0.996. The largest absolute Gasteiger partial charge is 0.491 e. The monoisotopic (exact) mass is 708 g/mol. The molecule has 0 unspecified atom stereocenters. The normalized spacial score (nSPS) is 20.7. The van der Waals surface area contributed by atoms with Gasteiger partial charge in [-0.15, -0.1) is 0 Å². The summed E-state index contributed by atoms with van der Waals surface area (Å²) in [7, 11) is 0. The first-order valence-corrected chi connectivity index (χ1v) is 17.2. The minimum absolute atomic E-state index is 0.120. The van der Waals surface area contributed by atoms with Gasteiger partial charge < -0.3 is 38.5 Å². The third kappa shape index (κ3) is 8.27. The summed E-state index contributed by atoms with van der Waals surface area (Å²) in [6.07, 6.45) is 3.73. The number of esters is 1. The average Bonchev–Trinajstić information content (AvgIpc) is 3.68. The molecule has 0 radical (unpaired) electrons. The van der Waals surface area contributed by atoms with Crippen LogP contribution in [0.5, 0.6) is 11.5 Å². The van der Waals surface area contributed by atoms with E-state index < -0.39 is 5.79 Å². The summed E-state index contributed by atoms with van der Waals surface area (Å²) in [5.41, 5.74) is 4.76. The molecule has 2 saturated heterocycles. The number of carbonyl (C=O) groups is 2. The Kier molecular flexibility index (Phi) is 10.6. The van der Waals surface area contributed by atoms with Gasteiger partial charge in [0.2, 0.25) is 11.7 Å². The zero-order valence-electron chi connectivity index (χ0n) is 28.3. The third-order valence-electron chi connectivity index (χ3n) is 8.98. The van der Waals surface area contributed by atoms with Crippen molar-refractivity contribution in [2.24, 2.45) is 0 Å². The minimum Gasteiger partial charge on any atom is -0.491 e. The molecule has 3 aliphatic rings. The van der Waals surface area contributed by atoms with Gasteiger partial charge >= 0.3 is 5.97 Å². The third-order valence-corrected chi connectivity index (χ3v) is 9.53. The SMILES string of the molecule is CC(=O)Oc1c(C)cc(CN2C=CN(C[C@]3(c4ccc(Cl)cc4Cl)OC[C@H](COc4ccc(N5CCN(C(C)=O)CC5)cc4)O3)C2)cc1C. The van der Waals surface area contributed by atoms with E-state index in [9.17, 15) is 9.59 Å². The van der Waals surface area contributed by atoms with E-state index in [4.69, 9.17) is 42.1 Å². The molecule has 49 heavy (non-hydrogen) atoms. The van der Waals surface area contributed by atoms with E-state index in [2.05, 4.69) is 26.8 Å². The van der Waals surface area contributed by atoms with Crippen LogP contribution in [0, 0.1) is 13.8 Å². The van der Waals surface area contributed by atoms with Crippen molar-refractivity contribution in [3.8, 4) is 11.5 Å². The molecule has 260 valence electrons. The number of halogens is 2. The number of carbonyl (C=O) groups excluding carboxylic acids is 2. The lowest BCUT2D eigenvalue weighted by atomic mass is 10.0. The summed E-state index contributed by atoms with van der Waals surface area (Å²) in [5.74, 6) is 0.00316. The van der Waals surface area contributed by atoms with Crippen LogP contribution in [0.2, 0.25) is 10.0 Å². The maximum atomic E-state index is 11.7. The van der Waals surface area contributed by atoms with Gasteiger partial charge in [0.25, 0.3) is 0 Å². The van der Waals surface area contributed by atoms with E-state index in [1.807, 2.05) is 61.5 Å². The number of piperazine rings is 1. The van der Waals surface area contributed by atoms with Gasteiger partial charge in [0.1, 0.15) is 24.2 Å². The number of rotatable bonds is 10. The molecular weight excluding hydrogens is 667 g/mol. The van der Waals surface area contributed by atoms with E-state index >= 15 is 0 Å². The molecule has 2 atom stereocenters. The standard InChI is InChI=1S/C37H42Cl2N4O6/c1-25-17-29(18-26(2)36(25)48-28(4)45)20-40-11-12-41(24-40)23-37(34-10-5-30(38)19-35(34)39)47-22-33(49-37)21-46-32-8-6-31(7-9-32)43-15-13-42(14-16-43)27(3)44/h5-12,17-19,33H,13-16,20-24H2,1-4H3/t33-,37-/m0/s1. The second-order valence-corrected chi connectivity index (χ2v) is 13.7. The first-order valence-electron chi connectivity index (χ1n) is 16.4. The van der Waals surface area contributed by atoms with Crippen LogP contribution < -0.4 is 14.4 Å². The fourth-order valence-electron chi connectivity index (χ4n) is 6.64. The van der Waals surface area contributed by atoms with E-state index in [0.29, 0.717) is 54.3 Å². The Morgan fingerprint density at radius 3 is 2.27 bits per heavy atom. The second-order valence-electron chi connectivity index (χ2n) is 12.8. The van der Waals surface area contributed by atoms with E-state index in [0.717, 1.165) is 54.3 Å². The molecule has 0 saturated carbocycles. The molecule has 3 aromatic carbocycles. The van der Waals surface area contributed by atoms with Crippen LogP contribution in [0.15, 0.2) is 67.0 Å². The molecule has 0 bridgehead atoms. The Bertz CT molecular complexity index is 1690. The van der Waals surface area contributed by atoms with Crippen molar-refractivity contribution in [2.75, 3.05) is 57.5 Å². The van der Waals surface area contributed by atoms with Crippen LogP contribution in [0.3, 0.4) is 0 Å². The molecule has 10 nitrogen and oxygen atoms in total. The lowest BCUT2D eigenvalue weighted by Crippen LogP contribution is -2.48. The highest BCUT2D eigenvalue weighted by molar-refractivity contribution is 6.35. The first-order chi connectivity index (χ1) is 23.5. The number of nitrogens with zero attached hydrogens (tertiary/aromatic N) is 4. The number of aryl methyl sites for hydroxylation is 2. The Balaban J connectivity index is 1.08. The number of amides is 1. The number of ether oxygens (including phenoxy) is 4. The molecule has 3 heterocycles. The molecule has 0 aromatic heterocycles. The maximum Gasteiger partial charge on any atom is 0.308 e. The Hall–Kier alpha value is -3.96. The summed E-state index contributed by atoms with van der Waals surface area (Å²) in [4.78, 5) is 31.7. The van der Waals surface area contributed by atoms with Crippen molar-refractivity contribution in [2.45, 2.75) is 46.1 Å². The van der Waals surface area contributed by atoms with Crippen molar-refractivity contribution in [1.82, 2.24) is 14.7 Å². The molecule has 2 fully saturated rings. The van der Waals surface area contributed by atoms with Gasteiger partial charge in [-0.3, -0.25) is 9.59 Å². The highest BCUT2D eigenvalue weighted by Crippen LogP contribution is 2.41. The van der Waals surface area contributed by atoms with E-state index in [-0.39, 0.29) is 18.0 Å². The van der Waals surface area contributed by atoms with Gasteiger partial charge in [0.15, 0.2) is 0 Å². The quantitative estimate of drug-likeness (QED) is 0.183. The van der Waals surface area contributed by atoms with Crippen LogP contribution in [0.1, 0.15) is 36.1 Å². The summed E-state index contributed by atoms with van der Waals surface area (Å²) >= 11 is 13.0. The average molecular weight is 710 g/mol. The van der Waals surface area contributed by atoms with Gasteiger partial charge in [-0.2, -0.15) is 0 Å². The van der Waals surface area contributed by atoms with Crippen LogP contribution in [-0.2, 0) is 31.4 Å². The van der Waals surface area contributed by atoms with Gasteiger partial charge in [0.05, 0.1) is 24.8 Å².